The summed E-state index contributed by atoms with van der Waals surface area (Å²) < 4.78 is 1.00. The molecule has 72 valence electrons. The van der Waals surface area contributed by atoms with Crippen molar-refractivity contribution >= 4 is 6.08 Å². The molecule has 1 rings (SSSR count). The molecule has 0 spiro atoms. The van der Waals surface area contributed by atoms with E-state index in [9.17, 15) is 0 Å². The van der Waals surface area contributed by atoms with Crippen LogP contribution in [0.3, 0.4) is 0 Å². The summed E-state index contributed by atoms with van der Waals surface area (Å²) in [6, 6.07) is 10.0. The van der Waals surface area contributed by atoms with Crippen LogP contribution >= 0.6 is 0 Å². The Balaban J connectivity index is 0.000000252. The van der Waals surface area contributed by atoms with E-state index in [1.807, 2.05) is 36.4 Å². The van der Waals surface area contributed by atoms with Crippen LogP contribution in [0.15, 0.2) is 36.9 Å². The van der Waals surface area contributed by atoms with Crippen LogP contribution in [0.25, 0.3) is 6.08 Å². The minimum absolute atomic E-state index is 1.00. The third-order valence-corrected chi connectivity index (χ3v) is 1.04. The second-order valence-electron chi connectivity index (χ2n) is 4.30. The van der Waals surface area contributed by atoms with Crippen LogP contribution in [0.1, 0.15) is 5.56 Å². The Labute approximate surface area is 81.9 Å². The van der Waals surface area contributed by atoms with Gasteiger partial charge >= 0.3 is 0 Å². The molecular weight excluding hydrogens is 158 g/mol. The van der Waals surface area contributed by atoms with Crippen molar-refractivity contribution in [3.05, 3.63) is 42.5 Å². The van der Waals surface area contributed by atoms with Gasteiger partial charge < -0.3 is 4.48 Å². The van der Waals surface area contributed by atoms with Gasteiger partial charge in [-0.15, -0.1) is 0 Å². The van der Waals surface area contributed by atoms with E-state index < -0.39 is 0 Å². The van der Waals surface area contributed by atoms with Gasteiger partial charge in [-0.1, -0.05) is 43.0 Å². The van der Waals surface area contributed by atoms with Gasteiger partial charge in [-0.25, -0.2) is 0 Å². The molecule has 0 heterocycles. The number of rotatable bonds is 1. The summed E-state index contributed by atoms with van der Waals surface area (Å²) in [7, 11) is 8.50. The molecular formula is C12H20N+. The highest BCUT2D eigenvalue weighted by Crippen LogP contribution is 1.97. The molecule has 0 aliphatic heterocycles. The standard InChI is InChI=1S/C8H8.C4H12N/c1-2-8-6-4-3-5-7-8;1-5(2,3)4/h2-7H,1H2;1-4H3/q;+1. The number of quaternary nitrogens is 1. The SMILES string of the molecule is C=Cc1ccccc1.C[N+](C)(C)C. The molecule has 0 N–H and O–H groups in total. The van der Waals surface area contributed by atoms with Crippen LogP contribution in [-0.4, -0.2) is 32.7 Å². The number of benzene rings is 1. The molecule has 0 radical (unpaired) electrons. The van der Waals surface area contributed by atoms with Crippen LogP contribution < -0.4 is 0 Å². The van der Waals surface area contributed by atoms with Crippen LogP contribution in [0, 0.1) is 0 Å². The van der Waals surface area contributed by atoms with Crippen molar-refractivity contribution < 1.29 is 4.48 Å². The van der Waals surface area contributed by atoms with Gasteiger partial charge in [-0.05, 0) is 5.56 Å². The van der Waals surface area contributed by atoms with Crippen LogP contribution in [0.2, 0.25) is 0 Å². The van der Waals surface area contributed by atoms with Crippen molar-refractivity contribution in [2.45, 2.75) is 0 Å². The maximum Gasteiger partial charge on any atom is 0.0675 e. The van der Waals surface area contributed by atoms with Crippen molar-refractivity contribution in [1.29, 1.82) is 0 Å². The Kier molecular flexibility index (Phi) is 5.09. The maximum atomic E-state index is 3.63. The summed E-state index contributed by atoms with van der Waals surface area (Å²) >= 11 is 0. The minimum Gasteiger partial charge on any atom is -0.333 e. The van der Waals surface area contributed by atoms with Crippen molar-refractivity contribution in [2.24, 2.45) is 0 Å². The van der Waals surface area contributed by atoms with Crippen molar-refractivity contribution in [3.8, 4) is 0 Å². The van der Waals surface area contributed by atoms with Gasteiger partial charge in [0.05, 0.1) is 28.2 Å². The summed E-state index contributed by atoms with van der Waals surface area (Å²) in [5.74, 6) is 0. The molecule has 0 aliphatic rings. The maximum absolute atomic E-state index is 3.63. The van der Waals surface area contributed by atoms with Crippen LogP contribution in [-0.2, 0) is 0 Å². The lowest BCUT2D eigenvalue weighted by molar-refractivity contribution is -0.849. The van der Waals surface area contributed by atoms with Gasteiger partial charge in [0.25, 0.3) is 0 Å². The van der Waals surface area contributed by atoms with E-state index in [0.29, 0.717) is 0 Å². The largest absolute Gasteiger partial charge is 0.333 e. The normalized spacial score (nSPS) is 9.85. The molecule has 1 aromatic rings. The first-order valence-corrected chi connectivity index (χ1v) is 4.40. The van der Waals surface area contributed by atoms with Crippen LogP contribution in [0.4, 0.5) is 0 Å². The van der Waals surface area contributed by atoms with Gasteiger partial charge in [0, 0.05) is 0 Å². The highest BCUT2D eigenvalue weighted by molar-refractivity contribution is 5.45. The average molecular weight is 178 g/mol. The highest BCUT2D eigenvalue weighted by atomic mass is 15.2. The van der Waals surface area contributed by atoms with Gasteiger partial charge in [-0.3, -0.25) is 0 Å². The van der Waals surface area contributed by atoms with Gasteiger partial charge in [0.15, 0.2) is 0 Å². The zero-order chi connectivity index (χ0) is 10.3. The molecule has 0 aromatic heterocycles. The molecule has 0 bridgehead atoms. The first-order valence-electron chi connectivity index (χ1n) is 4.40. The van der Waals surface area contributed by atoms with E-state index in [-0.39, 0.29) is 0 Å². The van der Waals surface area contributed by atoms with E-state index in [2.05, 4.69) is 34.8 Å². The Morgan fingerprint density at radius 3 is 1.62 bits per heavy atom. The van der Waals surface area contributed by atoms with Crippen molar-refractivity contribution in [3.63, 3.8) is 0 Å². The second kappa shape index (κ2) is 5.55. The summed E-state index contributed by atoms with van der Waals surface area (Å²) in [4.78, 5) is 0. The Bertz CT molecular complexity index is 225. The average Bonchev–Trinajstić information content (AvgIpc) is 2.03. The van der Waals surface area contributed by atoms with Gasteiger partial charge in [0.2, 0.25) is 0 Å². The van der Waals surface area contributed by atoms with Gasteiger partial charge in [0.1, 0.15) is 0 Å². The summed E-state index contributed by atoms with van der Waals surface area (Å²) in [6.07, 6.45) is 1.83. The zero-order valence-corrected chi connectivity index (χ0v) is 9.12. The van der Waals surface area contributed by atoms with Crippen LogP contribution in [0.5, 0.6) is 0 Å². The Hall–Kier alpha value is -1.08. The second-order valence-corrected chi connectivity index (χ2v) is 4.30. The number of hydrogen-bond donors (Lipinski definition) is 0. The topological polar surface area (TPSA) is 0 Å². The summed E-state index contributed by atoms with van der Waals surface area (Å²) in [5.41, 5.74) is 1.17. The predicted octanol–water partition coefficient (Wildman–Crippen LogP) is 2.65. The molecule has 13 heavy (non-hydrogen) atoms. The lowest BCUT2D eigenvalue weighted by Gasteiger charge is -2.14. The fraction of sp³-hybridized carbons (Fsp3) is 0.333. The van der Waals surface area contributed by atoms with E-state index in [0.717, 1.165) is 4.48 Å². The predicted molar refractivity (Wildman–Crippen MR) is 60.5 cm³/mol. The van der Waals surface area contributed by atoms with E-state index in [4.69, 9.17) is 0 Å². The molecule has 0 fully saturated rings. The molecule has 0 atom stereocenters. The molecule has 0 aliphatic carbocycles. The lowest BCUT2D eigenvalue weighted by atomic mass is 10.2. The number of hydrogen-bond acceptors (Lipinski definition) is 0. The third kappa shape index (κ3) is 10.9. The molecule has 0 saturated heterocycles. The third-order valence-electron chi connectivity index (χ3n) is 1.04. The smallest absolute Gasteiger partial charge is 0.0675 e. The van der Waals surface area contributed by atoms with E-state index in [1.165, 1.54) is 5.56 Å². The van der Waals surface area contributed by atoms with Crippen molar-refractivity contribution in [2.75, 3.05) is 28.2 Å². The monoisotopic (exact) mass is 178 g/mol. The molecule has 0 unspecified atom stereocenters. The Morgan fingerprint density at radius 2 is 1.38 bits per heavy atom. The number of nitrogens with zero attached hydrogens (tertiary/aromatic N) is 1. The molecule has 0 amide bonds. The fourth-order valence-corrected chi connectivity index (χ4v) is 0.589. The molecule has 1 nitrogen and oxygen atoms in total. The quantitative estimate of drug-likeness (QED) is 0.580. The molecule has 1 heteroatoms. The van der Waals surface area contributed by atoms with Gasteiger partial charge in [-0.2, -0.15) is 0 Å². The minimum atomic E-state index is 1.00. The fourth-order valence-electron chi connectivity index (χ4n) is 0.589. The summed E-state index contributed by atoms with van der Waals surface area (Å²) in [5, 5.41) is 0. The highest BCUT2D eigenvalue weighted by Gasteiger charge is 1.88. The van der Waals surface area contributed by atoms with Crippen molar-refractivity contribution in [1.82, 2.24) is 0 Å². The zero-order valence-electron chi connectivity index (χ0n) is 9.12. The first-order chi connectivity index (χ1) is 5.93. The molecule has 1 aromatic carbocycles. The summed E-state index contributed by atoms with van der Waals surface area (Å²) in [6.45, 7) is 3.63. The van der Waals surface area contributed by atoms with E-state index in [1.54, 1.807) is 0 Å². The van der Waals surface area contributed by atoms with E-state index >= 15 is 0 Å². The Morgan fingerprint density at radius 1 is 1.00 bits per heavy atom. The first kappa shape index (κ1) is 11.9. The molecule has 0 saturated carbocycles. The lowest BCUT2D eigenvalue weighted by Crippen LogP contribution is -2.27.